The van der Waals surface area contributed by atoms with Gasteiger partial charge >= 0.3 is 0 Å². The van der Waals surface area contributed by atoms with Gasteiger partial charge in [-0.25, -0.2) is 8.78 Å². The van der Waals surface area contributed by atoms with Crippen molar-refractivity contribution in [1.82, 2.24) is 20.1 Å². The summed E-state index contributed by atoms with van der Waals surface area (Å²) in [6.45, 7) is 10.4. The molecule has 0 aliphatic heterocycles. The van der Waals surface area contributed by atoms with E-state index in [2.05, 4.69) is 22.3 Å². The van der Waals surface area contributed by atoms with Crippen LogP contribution < -0.4 is 5.32 Å². The number of pyridine rings is 1. The number of rotatable bonds is 7. The number of amides is 1. The maximum Gasteiger partial charge on any atom is 0.273 e. The fourth-order valence-electron chi connectivity index (χ4n) is 4.41. The maximum absolute atomic E-state index is 14.0. The van der Waals surface area contributed by atoms with Crippen molar-refractivity contribution in [2.45, 2.75) is 85.3 Å². The fourth-order valence-corrected chi connectivity index (χ4v) is 4.73. The molecule has 0 bridgehead atoms. The summed E-state index contributed by atoms with van der Waals surface area (Å²) in [5, 5.41) is 17.8. The van der Waals surface area contributed by atoms with Gasteiger partial charge in [-0.15, -0.1) is 0 Å². The van der Waals surface area contributed by atoms with Gasteiger partial charge in [0.1, 0.15) is 0 Å². The molecule has 0 radical (unpaired) electrons. The lowest BCUT2D eigenvalue weighted by atomic mass is 9.79. The lowest BCUT2D eigenvalue weighted by Crippen LogP contribution is -2.45. The molecule has 2 heterocycles. The van der Waals surface area contributed by atoms with E-state index in [1.165, 1.54) is 16.9 Å². The molecule has 3 rings (SSSR count). The molecule has 9 heteroatoms. The van der Waals surface area contributed by atoms with Gasteiger partial charge in [-0.05, 0) is 56.4 Å². The Hall–Kier alpha value is -2.06. The predicted octanol–water partition coefficient (Wildman–Crippen LogP) is 5.82. The molecule has 1 aliphatic carbocycles. The first kappa shape index (κ1) is 26.5. The van der Waals surface area contributed by atoms with Gasteiger partial charge in [-0.2, -0.15) is 5.10 Å². The minimum atomic E-state index is -2.74. The van der Waals surface area contributed by atoms with Crippen LogP contribution in [0, 0.1) is 11.3 Å². The number of aromatic nitrogens is 3. The molecule has 0 saturated heterocycles. The van der Waals surface area contributed by atoms with E-state index in [0.29, 0.717) is 37.4 Å². The van der Waals surface area contributed by atoms with Crippen molar-refractivity contribution in [3.63, 3.8) is 0 Å². The van der Waals surface area contributed by atoms with E-state index in [0.717, 1.165) is 12.8 Å². The number of halogens is 3. The Labute approximate surface area is 205 Å². The van der Waals surface area contributed by atoms with Crippen molar-refractivity contribution in [2.75, 3.05) is 6.54 Å². The summed E-state index contributed by atoms with van der Waals surface area (Å²) in [6, 6.07) is 1.41. The van der Waals surface area contributed by atoms with E-state index in [1.54, 1.807) is 6.92 Å². The Kier molecular flexibility index (Phi) is 8.03. The van der Waals surface area contributed by atoms with Gasteiger partial charge in [-0.1, -0.05) is 39.3 Å². The summed E-state index contributed by atoms with van der Waals surface area (Å²) in [5.41, 5.74) is -0.342. The third kappa shape index (κ3) is 6.13. The molecule has 188 valence electrons. The number of carbonyl (C=O) groups excluding carboxylic acids is 1. The first-order valence-electron chi connectivity index (χ1n) is 11.9. The van der Waals surface area contributed by atoms with Gasteiger partial charge in [-0.3, -0.25) is 14.5 Å². The molecule has 1 amide bonds. The Bertz CT molecular complexity index is 1020. The summed E-state index contributed by atoms with van der Waals surface area (Å²) >= 11 is 6.56. The highest BCUT2D eigenvalue weighted by molar-refractivity contribution is 6.36. The number of hydrogen-bond donors (Lipinski definition) is 2. The van der Waals surface area contributed by atoms with Crippen LogP contribution in [0.2, 0.25) is 5.02 Å². The molecule has 1 saturated carbocycles. The molecule has 2 aromatic rings. The zero-order chi connectivity index (χ0) is 25.3. The molecular formula is C25H35ClF2N4O2. The summed E-state index contributed by atoms with van der Waals surface area (Å²) in [4.78, 5) is 17.3. The van der Waals surface area contributed by atoms with E-state index in [-0.39, 0.29) is 39.5 Å². The van der Waals surface area contributed by atoms with Gasteiger partial charge in [0, 0.05) is 36.1 Å². The van der Waals surface area contributed by atoms with Crippen molar-refractivity contribution in [1.29, 1.82) is 0 Å². The van der Waals surface area contributed by atoms with Crippen LogP contribution in [0.1, 0.15) is 88.5 Å². The third-order valence-corrected chi connectivity index (χ3v) is 6.74. The molecule has 0 spiro atoms. The number of nitrogens with one attached hydrogen (secondary N) is 1. The van der Waals surface area contributed by atoms with E-state index in [4.69, 9.17) is 11.6 Å². The van der Waals surface area contributed by atoms with E-state index >= 15 is 0 Å². The fraction of sp³-hybridized carbons (Fsp3) is 0.640. The van der Waals surface area contributed by atoms with E-state index < -0.39 is 17.9 Å². The van der Waals surface area contributed by atoms with Gasteiger partial charge in [0.25, 0.3) is 12.3 Å². The van der Waals surface area contributed by atoms with E-state index in [1.807, 2.05) is 20.8 Å². The van der Waals surface area contributed by atoms with Crippen molar-refractivity contribution in [3.8, 4) is 11.3 Å². The average Bonchev–Trinajstić information content (AvgIpc) is 3.09. The van der Waals surface area contributed by atoms with Crippen LogP contribution in [-0.4, -0.2) is 37.9 Å². The number of nitrogens with zero attached hydrogens (tertiary/aromatic N) is 3. The molecule has 0 aromatic carbocycles. The van der Waals surface area contributed by atoms with E-state index in [9.17, 15) is 18.7 Å². The molecule has 0 atom stereocenters. The van der Waals surface area contributed by atoms with Crippen molar-refractivity contribution in [2.24, 2.45) is 11.3 Å². The standard InChI is InChI=1S/C25H35ClF2N4O2/c1-6-32-21(18-13-29-16(12-24(3,4)5)11-17(18)22(27)28)19(26)20(31-32)23(33)30-14-25(34)9-7-15(2)8-10-25/h11,13,15,22,34H,6-10,12,14H2,1-5H3,(H,30,33). The maximum atomic E-state index is 14.0. The first-order chi connectivity index (χ1) is 15.8. The summed E-state index contributed by atoms with van der Waals surface area (Å²) in [6.07, 6.45) is 2.22. The highest BCUT2D eigenvalue weighted by Gasteiger charge is 2.33. The Morgan fingerprint density at radius 2 is 2.00 bits per heavy atom. The Morgan fingerprint density at radius 1 is 1.35 bits per heavy atom. The number of aryl methyl sites for hydroxylation is 1. The molecule has 6 nitrogen and oxygen atoms in total. The first-order valence-corrected chi connectivity index (χ1v) is 12.3. The normalized spacial score (nSPS) is 21.2. The molecule has 1 aliphatic rings. The SMILES string of the molecule is CCn1nc(C(=O)NCC2(O)CCC(C)CC2)c(Cl)c1-c1cnc(CC(C)(C)C)cc1C(F)F. The van der Waals surface area contributed by atoms with Crippen LogP contribution in [0.4, 0.5) is 8.78 Å². The van der Waals surface area contributed by atoms with Crippen molar-refractivity contribution in [3.05, 3.63) is 34.2 Å². The molecule has 2 N–H and O–H groups in total. The highest BCUT2D eigenvalue weighted by atomic mass is 35.5. The molecule has 34 heavy (non-hydrogen) atoms. The quantitative estimate of drug-likeness (QED) is 0.506. The van der Waals surface area contributed by atoms with Gasteiger partial charge in [0.15, 0.2) is 5.69 Å². The van der Waals surface area contributed by atoms with Crippen LogP contribution in [0.3, 0.4) is 0 Å². The average molecular weight is 497 g/mol. The summed E-state index contributed by atoms with van der Waals surface area (Å²) in [5.74, 6) is 0.0158. The van der Waals surface area contributed by atoms with Crippen LogP contribution in [0.5, 0.6) is 0 Å². The second-order valence-electron chi connectivity index (χ2n) is 10.7. The molecule has 2 aromatic heterocycles. The second kappa shape index (κ2) is 10.3. The topological polar surface area (TPSA) is 80.0 Å². The van der Waals surface area contributed by atoms with Crippen molar-refractivity contribution >= 4 is 17.5 Å². The number of aliphatic hydroxyl groups is 1. The van der Waals surface area contributed by atoms with Gasteiger partial charge in [0.05, 0.1) is 16.3 Å². The second-order valence-corrected chi connectivity index (χ2v) is 11.1. The lowest BCUT2D eigenvalue weighted by molar-refractivity contribution is -0.00544. The molecule has 1 fully saturated rings. The number of alkyl halides is 2. The monoisotopic (exact) mass is 496 g/mol. The third-order valence-electron chi connectivity index (χ3n) is 6.39. The van der Waals surface area contributed by atoms with Gasteiger partial charge in [0.2, 0.25) is 0 Å². The minimum absolute atomic E-state index is 0.00382. The van der Waals surface area contributed by atoms with Crippen LogP contribution in [-0.2, 0) is 13.0 Å². The van der Waals surface area contributed by atoms with Crippen LogP contribution in [0.15, 0.2) is 12.3 Å². The predicted molar refractivity (Wildman–Crippen MR) is 129 cm³/mol. The highest BCUT2D eigenvalue weighted by Crippen LogP contribution is 2.38. The lowest BCUT2D eigenvalue weighted by Gasteiger charge is -2.34. The summed E-state index contributed by atoms with van der Waals surface area (Å²) < 4.78 is 29.5. The molecule has 0 unspecified atom stereocenters. The van der Waals surface area contributed by atoms with Crippen LogP contribution >= 0.6 is 11.6 Å². The van der Waals surface area contributed by atoms with Crippen molar-refractivity contribution < 1.29 is 18.7 Å². The van der Waals surface area contributed by atoms with Crippen LogP contribution in [0.25, 0.3) is 11.3 Å². The summed E-state index contributed by atoms with van der Waals surface area (Å²) in [7, 11) is 0. The largest absolute Gasteiger partial charge is 0.388 e. The van der Waals surface area contributed by atoms with Gasteiger partial charge < -0.3 is 10.4 Å². The zero-order valence-electron chi connectivity index (χ0n) is 20.6. The smallest absolute Gasteiger partial charge is 0.273 e. The molecular weight excluding hydrogens is 462 g/mol. The number of hydrogen-bond acceptors (Lipinski definition) is 4. The Morgan fingerprint density at radius 3 is 2.56 bits per heavy atom. The zero-order valence-corrected chi connectivity index (χ0v) is 21.3. The Balaban J connectivity index is 1.91. The number of carbonyl (C=O) groups is 1. The minimum Gasteiger partial charge on any atom is -0.388 e.